The van der Waals surface area contributed by atoms with Gasteiger partial charge in [0, 0.05) is 18.3 Å². The van der Waals surface area contributed by atoms with Crippen LogP contribution in [-0.4, -0.2) is 42.7 Å². The lowest BCUT2D eigenvalue weighted by Gasteiger charge is -2.22. The monoisotopic (exact) mass is 296 g/mol. The number of hydrogen-bond donors (Lipinski definition) is 1. The number of esters is 2. The molecule has 6 nitrogen and oxygen atoms in total. The first-order valence-corrected chi connectivity index (χ1v) is 7.49. The van der Waals surface area contributed by atoms with E-state index in [2.05, 4.69) is 0 Å². The van der Waals surface area contributed by atoms with Crippen molar-refractivity contribution < 1.29 is 28.9 Å². The maximum absolute atomic E-state index is 12.0. The Bertz CT molecular complexity index is 439. The Labute approximate surface area is 123 Å². The van der Waals surface area contributed by atoms with Crippen molar-refractivity contribution in [3.8, 4) is 0 Å². The van der Waals surface area contributed by atoms with Crippen molar-refractivity contribution in [2.75, 3.05) is 13.2 Å². The van der Waals surface area contributed by atoms with E-state index in [9.17, 15) is 14.7 Å². The molecule has 0 spiro atoms. The van der Waals surface area contributed by atoms with Gasteiger partial charge in [-0.05, 0) is 19.3 Å². The molecule has 1 saturated heterocycles. The third-order valence-corrected chi connectivity index (χ3v) is 4.44. The van der Waals surface area contributed by atoms with E-state index in [1.54, 1.807) is 0 Å². The third kappa shape index (κ3) is 3.11. The highest BCUT2D eigenvalue weighted by Gasteiger charge is 2.47. The van der Waals surface area contributed by atoms with E-state index in [1.165, 1.54) is 0 Å². The standard InChI is InChI=1S/C15H20O6/c16-12(21-13-3-1-2-6-19-13)8-20-15(18)11-7-9-4-5-10(11)14(9)17/h4-5,9-11,13-14,17H,1-3,6-8H2. The predicted octanol–water partition coefficient (Wildman–Crippen LogP) is 0.782. The fraction of sp³-hybridized carbons (Fsp3) is 0.733. The van der Waals surface area contributed by atoms with Crippen LogP contribution in [0.4, 0.5) is 0 Å². The van der Waals surface area contributed by atoms with Crippen molar-refractivity contribution >= 4 is 11.9 Å². The lowest BCUT2D eigenvalue weighted by atomic mass is 9.94. The lowest BCUT2D eigenvalue weighted by molar-refractivity contribution is -0.193. The largest absolute Gasteiger partial charge is 0.453 e. The zero-order chi connectivity index (χ0) is 14.8. The first-order valence-electron chi connectivity index (χ1n) is 7.49. The van der Waals surface area contributed by atoms with Crippen molar-refractivity contribution in [1.29, 1.82) is 0 Å². The van der Waals surface area contributed by atoms with E-state index in [0.29, 0.717) is 19.4 Å². The summed E-state index contributed by atoms with van der Waals surface area (Å²) in [6.45, 7) is 0.194. The normalized spacial score (nSPS) is 37.5. The molecule has 1 aliphatic heterocycles. The van der Waals surface area contributed by atoms with Gasteiger partial charge in [-0.3, -0.25) is 4.79 Å². The molecule has 2 aliphatic carbocycles. The van der Waals surface area contributed by atoms with Crippen LogP contribution in [0.5, 0.6) is 0 Å². The molecule has 5 unspecified atom stereocenters. The van der Waals surface area contributed by atoms with Gasteiger partial charge in [-0.15, -0.1) is 0 Å². The zero-order valence-corrected chi connectivity index (χ0v) is 11.8. The molecule has 5 atom stereocenters. The molecule has 3 rings (SSSR count). The molecule has 1 N–H and O–H groups in total. The Kier molecular flexibility index (Phi) is 4.26. The maximum Gasteiger partial charge on any atom is 0.346 e. The molecule has 6 heteroatoms. The quantitative estimate of drug-likeness (QED) is 0.610. The third-order valence-electron chi connectivity index (χ3n) is 4.44. The van der Waals surface area contributed by atoms with E-state index in [-0.39, 0.29) is 17.8 Å². The van der Waals surface area contributed by atoms with E-state index in [0.717, 1.165) is 12.8 Å². The molecule has 0 aromatic rings. The van der Waals surface area contributed by atoms with Crippen molar-refractivity contribution in [2.45, 2.75) is 38.1 Å². The second-order valence-corrected chi connectivity index (χ2v) is 5.85. The molecule has 2 fully saturated rings. The highest BCUT2D eigenvalue weighted by Crippen LogP contribution is 2.44. The summed E-state index contributed by atoms with van der Waals surface area (Å²) in [6.07, 6.45) is 6.00. The van der Waals surface area contributed by atoms with Crippen LogP contribution in [0.3, 0.4) is 0 Å². The van der Waals surface area contributed by atoms with Crippen LogP contribution in [0.15, 0.2) is 12.2 Å². The molecule has 0 radical (unpaired) electrons. The highest BCUT2D eigenvalue weighted by atomic mass is 16.7. The van der Waals surface area contributed by atoms with Gasteiger partial charge in [0.2, 0.25) is 6.29 Å². The van der Waals surface area contributed by atoms with Gasteiger partial charge < -0.3 is 19.3 Å². The summed E-state index contributed by atoms with van der Waals surface area (Å²) in [4.78, 5) is 23.6. The van der Waals surface area contributed by atoms with Gasteiger partial charge in [0.15, 0.2) is 6.61 Å². The van der Waals surface area contributed by atoms with Gasteiger partial charge in [-0.2, -0.15) is 0 Å². The fourth-order valence-corrected chi connectivity index (χ4v) is 3.30. The Hall–Kier alpha value is -1.40. The van der Waals surface area contributed by atoms with Gasteiger partial charge in [-0.25, -0.2) is 4.79 Å². The molecule has 1 heterocycles. The van der Waals surface area contributed by atoms with Crippen LogP contribution in [0.25, 0.3) is 0 Å². The number of carbonyl (C=O) groups is 2. The smallest absolute Gasteiger partial charge is 0.346 e. The second-order valence-electron chi connectivity index (χ2n) is 5.85. The number of aliphatic hydroxyl groups is 1. The number of ether oxygens (including phenoxy) is 3. The Morgan fingerprint density at radius 3 is 2.76 bits per heavy atom. The van der Waals surface area contributed by atoms with Crippen LogP contribution in [0.1, 0.15) is 25.7 Å². The molecule has 21 heavy (non-hydrogen) atoms. The molecule has 2 bridgehead atoms. The summed E-state index contributed by atoms with van der Waals surface area (Å²) < 4.78 is 15.4. The van der Waals surface area contributed by atoms with Crippen LogP contribution in [0, 0.1) is 17.8 Å². The Morgan fingerprint density at radius 2 is 2.14 bits per heavy atom. The fourth-order valence-electron chi connectivity index (χ4n) is 3.30. The van der Waals surface area contributed by atoms with Crippen LogP contribution >= 0.6 is 0 Å². The summed E-state index contributed by atoms with van der Waals surface area (Å²) in [7, 11) is 0. The highest BCUT2D eigenvalue weighted by molar-refractivity contribution is 5.78. The number of fused-ring (bicyclic) bond motifs is 2. The Balaban J connectivity index is 1.41. The summed E-state index contributed by atoms with van der Waals surface area (Å²) >= 11 is 0. The number of aliphatic hydroxyl groups excluding tert-OH is 1. The number of hydrogen-bond acceptors (Lipinski definition) is 6. The molecule has 3 aliphatic rings. The minimum absolute atomic E-state index is 0.0372. The molecule has 0 aromatic carbocycles. The van der Waals surface area contributed by atoms with Gasteiger partial charge in [0.25, 0.3) is 0 Å². The average molecular weight is 296 g/mol. The summed E-state index contributed by atoms with van der Waals surface area (Å²) in [5, 5.41) is 9.86. The second kappa shape index (κ2) is 6.15. The van der Waals surface area contributed by atoms with E-state index >= 15 is 0 Å². The first-order chi connectivity index (χ1) is 10.1. The summed E-state index contributed by atoms with van der Waals surface area (Å²) in [5.41, 5.74) is 0. The van der Waals surface area contributed by atoms with Crippen molar-refractivity contribution in [1.82, 2.24) is 0 Å². The molecule has 0 aromatic heterocycles. The molecular formula is C15H20O6. The van der Waals surface area contributed by atoms with E-state index in [1.807, 2.05) is 12.2 Å². The number of rotatable bonds is 4. The Morgan fingerprint density at radius 1 is 1.29 bits per heavy atom. The lowest BCUT2D eigenvalue weighted by Crippen LogP contribution is -2.30. The van der Waals surface area contributed by atoms with Gasteiger partial charge in [0.1, 0.15) is 0 Å². The van der Waals surface area contributed by atoms with Gasteiger partial charge in [0.05, 0.1) is 18.6 Å². The molecular weight excluding hydrogens is 276 g/mol. The topological polar surface area (TPSA) is 82.1 Å². The van der Waals surface area contributed by atoms with E-state index in [4.69, 9.17) is 14.2 Å². The van der Waals surface area contributed by atoms with Crippen LogP contribution in [0.2, 0.25) is 0 Å². The van der Waals surface area contributed by atoms with E-state index < -0.39 is 30.9 Å². The minimum Gasteiger partial charge on any atom is -0.453 e. The molecule has 116 valence electrons. The van der Waals surface area contributed by atoms with Gasteiger partial charge >= 0.3 is 11.9 Å². The van der Waals surface area contributed by atoms with Crippen LogP contribution < -0.4 is 0 Å². The van der Waals surface area contributed by atoms with Crippen molar-refractivity contribution in [3.05, 3.63) is 12.2 Å². The van der Waals surface area contributed by atoms with Gasteiger partial charge in [-0.1, -0.05) is 12.2 Å². The SMILES string of the molecule is O=C(COC(=O)C1CC2C=CC1C2O)OC1CCCCO1. The zero-order valence-electron chi connectivity index (χ0n) is 11.8. The molecule has 1 saturated carbocycles. The van der Waals surface area contributed by atoms with Crippen molar-refractivity contribution in [2.24, 2.45) is 17.8 Å². The van der Waals surface area contributed by atoms with Crippen LogP contribution in [-0.2, 0) is 23.8 Å². The number of carbonyl (C=O) groups excluding carboxylic acids is 2. The first kappa shape index (κ1) is 14.5. The summed E-state index contributed by atoms with van der Waals surface area (Å²) in [6, 6.07) is 0. The maximum atomic E-state index is 12.0. The summed E-state index contributed by atoms with van der Waals surface area (Å²) in [5.74, 6) is -1.52. The minimum atomic E-state index is -0.588. The van der Waals surface area contributed by atoms with Crippen molar-refractivity contribution in [3.63, 3.8) is 0 Å². The average Bonchev–Trinajstić information content (AvgIpc) is 3.01. The molecule has 0 amide bonds. The predicted molar refractivity (Wildman–Crippen MR) is 70.9 cm³/mol.